The topological polar surface area (TPSA) is 78.9 Å². The highest BCUT2D eigenvalue weighted by Gasteiger charge is 2.58. The van der Waals surface area contributed by atoms with Gasteiger partial charge in [0.1, 0.15) is 11.8 Å². The van der Waals surface area contributed by atoms with Crippen LogP contribution in [0.25, 0.3) is 0 Å². The number of hydrogen-bond acceptors (Lipinski definition) is 4. The largest absolute Gasteiger partial charge is 0.496 e. The normalized spacial score (nSPS) is 31.0. The first kappa shape index (κ1) is 30.2. The molecule has 1 saturated heterocycles. The van der Waals surface area contributed by atoms with Gasteiger partial charge in [0.15, 0.2) is 0 Å². The van der Waals surface area contributed by atoms with E-state index in [1.165, 1.54) is 31.2 Å². The molecule has 2 bridgehead atoms. The number of carbonyl (C=O) groups is 2. The Morgan fingerprint density at radius 1 is 0.953 bits per heavy atom. The third kappa shape index (κ3) is 5.84. The summed E-state index contributed by atoms with van der Waals surface area (Å²) in [4.78, 5) is 29.3. The Morgan fingerprint density at radius 2 is 1.70 bits per heavy atom. The molecule has 0 spiro atoms. The highest BCUT2D eigenvalue weighted by Crippen LogP contribution is 2.53. The zero-order valence-electron chi connectivity index (χ0n) is 26.4. The average Bonchev–Trinajstić information content (AvgIpc) is 3.73. The number of benzene rings is 2. The third-order valence-electron chi connectivity index (χ3n) is 11.3. The highest BCUT2D eigenvalue weighted by molar-refractivity contribution is 5.87. The molecule has 3 unspecified atom stereocenters. The van der Waals surface area contributed by atoms with Crippen molar-refractivity contribution in [3.8, 4) is 5.75 Å². The van der Waals surface area contributed by atoms with Crippen molar-refractivity contribution in [2.75, 3.05) is 7.11 Å². The molecule has 1 amide bonds. The number of amides is 1. The van der Waals surface area contributed by atoms with Gasteiger partial charge in [-0.05, 0) is 72.5 Å². The van der Waals surface area contributed by atoms with E-state index in [0.717, 1.165) is 60.8 Å². The van der Waals surface area contributed by atoms with Crippen molar-refractivity contribution >= 4 is 11.9 Å². The molecular formula is C37H50N2O4. The van der Waals surface area contributed by atoms with Crippen LogP contribution in [-0.2, 0) is 16.1 Å². The van der Waals surface area contributed by atoms with E-state index in [1.807, 2.05) is 18.2 Å². The fourth-order valence-electron chi connectivity index (χ4n) is 9.34. The van der Waals surface area contributed by atoms with Crippen LogP contribution < -0.4 is 10.1 Å². The summed E-state index contributed by atoms with van der Waals surface area (Å²) in [6.07, 6.45) is 10.2. The van der Waals surface area contributed by atoms with Crippen LogP contribution in [0, 0.1) is 29.1 Å². The van der Waals surface area contributed by atoms with Gasteiger partial charge >= 0.3 is 5.97 Å². The van der Waals surface area contributed by atoms with Gasteiger partial charge in [-0.15, -0.1) is 0 Å². The van der Waals surface area contributed by atoms with Crippen LogP contribution in [0.2, 0.25) is 0 Å². The standard InChI is InChI=1S/C37H50N2O4/c1-37(2,3)31-32(38-22-28-21-27(17-18-30(28)43-4)29-20-23-15-16-26(29)19-23)33(24-11-7-5-8-12-24)39(34(31)36(41)42)35(40)25-13-9-6-10-14-25/h5,7-8,11-12,17-18,21,23,25-26,29,31-34,38H,6,9-10,13-16,19-20,22H2,1-4H3,(H,41,42)/t23?,26?,29?,31-,32-,33-,34-/m0/s1. The second kappa shape index (κ2) is 12.3. The van der Waals surface area contributed by atoms with Crippen molar-refractivity contribution in [3.63, 3.8) is 0 Å². The zero-order chi connectivity index (χ0) is 30.3. The van der Waals surface area contributed by atoms with Crippen molar-refractivity contribution in [1.82, 2.24) is 10.2 Å². The Balaban J connectivity index is 1.37. The quantitative estimate of drug-likeness (QED) is 0.339. The Hall–Kier alpha value is -2.86. The summed E-state index contributed by atoms with van der Waals surface area (Å²) in [7, 11) is 1.72. The molecule has 6 rings (SSSR count). The second-order valence-electron chi connectivity index (χ2n) is 14.9. The second-order valence-corrected chi connectivity index (χ2v) is 14.9. The lowest BCUT2D eigenvalue weighted by Gasteiger charge is -2.36. The fourth-order valence-corrected chi connectivity index (χ4v) is 9.34. The fraction of sp³-hybridized carbons (Fsp3) is 0.622. The highest BCUT2D eigenvalue weighted by atomic mass is 16.5. The van der Waals surface area contributed by atoms with Crippen LogP contribution in [0.4, 0.5) is 0 Å². The van der Waals surface area contributed by atoms with Gasteiger partial charge in [-0.1, -0.05) is 88.9 Å². The lowest BCUT2D eigenvalue weighted by Crippen LogP contribution is -2.49. The molecule has 43 heavy (non-hydrogen) atoms. The van der Waals surface area contributed by atoms with E-state index in [2.05, 4.69) is 56.4 Å². The van der Waals surface area contributed by atoms with Gasteiger partial charge in [0.05, 0.1) is 13.2 Å². The van der Waals surface area contributed by atoms with Crippen LogP contribution in [0.1, 0.15) is 107 Å². The number of carboxylic acid groups (broad SMARTS) is 1. The molecule has 1 aliphatic heterocycles. The van der Waals surface area contributed by atoms with Crippen molar-refractivity contribution in [3.05, 3.63) is 65.2 Å². The van der Waals surface area contributed by atoms with Crippen LogP contribution in [0.3, 0.4) is 0 Å². The van der Waals surface area contributed by atoms with Gasteiger partial charge in [-0.25, -0.2) is 4.79 Å². The summed E-state index contributed by atoms with van der Waals surface area (Å²) in [5, 5.41) is 14.6. The number of likely N-dealkylation sites (tertiary alicyclic amines) is 1. The molecule has 6 heteroatoms. The minimum atomic E-state index is -0.912. The first-order chi connectivity index (χ1) is 20.7. The van der Waals surface area contributed by atoms with E-state index in [9.17, 15) is 14.7 Å². The number of fused-ring (bicyclic) bond motifs is 2. The lowest BCUT2D eigenvalue weighted by molar-refractivity contribution is -0.154. The SMILES string of the molecule is COc1ccc(C2CC3CCC2C3)cc1CN[C@H]1[C@H](C(C)(C)C)[C@@H](C(=O)O)N(C(=O)C2CCCCC2)[C@H]1c1ccccc1. The predicted octanol–water partition coefficient (Wildman–Crippen LogP) is 7.34. The minimum Gasteiger partial charge on any atom is -0.496 e. The maximum atomic E-state index is 14.4. The molecule has 6 nitrogen and oxygen atoms in total. The number of nitrogens with one attached hydrogen (secondary N) is 1. The molecule has 1 heterocycles. The maximum absolute atomic E-state index is 14.4. The summed E-state index contributed by atoms with van der Waals surface area (Å²) in [6.45, 7) is 6.91. The van der Waals surface area contributed by atoms with Crippen molar-refractivity contribution in [2.24, 2.45) is 29.1 Å². The van der Waals surface area contributed by atoms with Gasteiger partial charge in [-0.2, -0.15) is 0 Å². The van der Waals surface area contributed by atoms with Gasteiger partial charge in [0.2, 0.25) is 5.91 Å². The molecule has 2 aromatic carbocycles. The molecule has 3 aliphatic carbocycles. The molecule has 2 N–H and O–H groups in total. The third-order valence-corrected chi connectivity index (χ3v) is 11.3. The van der Waals surface area contributed by atoms with E-state index in [1.54, 1.807) is 12.0 Å². The molecule has 4 aliphatic rings. The first-order valence-electron chi connectivity index (χ1n) is 16.7. The van der Waals surface area contributed by atoms with Crippen molar-refractivity contribution in [1.29, 1.82) is 0 Å². The monoisotopic (exact) mass is 586 g/mol. The molecule has 0 aromatic heterocycles. The number of methoxy groups -OCH3 is 1. The van der Waals surface area contributed by atoms with Crippen molar-refractivity contribution < 1.29 is 19.4 Å². The van der Waals surface area contributed by atoms with E-state index in [4.69, 9.17) is 4.74 Å². The van der Waals surface area contributed by atoms with E-state index >= 15 is 0 Å². The Bertz CT molecular complexity index is 1300. The van der Waals surface area contributed by atoms with Gasteiger partial charge in [0.25, 0.3) is 0 Å². The van der Waals surface area contributed by atoms with Gasteiger partial charge in [-0.3, -0.25) is 4.79 Å². The summed E-state index contributed by atoms with van der Waals surface area (Å²) in [5.74, 6) is 1.83. The Morgan fingerprint density at radius 3 is 2.30 bits per heavy atom. The molecule has 232 valence electrons. The predicted molar refractivity (Wildman–Crippen MR) is 169 cm³/mol. The van der Waals surface area contributed by atoms with Crippen LogP contribution in [-0.4, -0.2) is 41.1 Å². The van der Waals surface area contributed by atoms with Crippen LogP contribution in [0.5, 0.6) is 5.75 Å². The number of rotatable bonds is 8. The smallest absolute Gasteiger partial charge is 0.326 e. The summed E-state index contributed by atoms with van der Waals surface area (Å²) in [5.41, 5.74) is 3.14. The number of carbonyl (C=O) groups excluding carboxylic acids is 1. The lowest BCUT2D eigenvalue weighted by atomic mass is 9.72. The average molecular weight is 587 g/mol. The summed E-state index contributed by atoms with van der Waals surface area (Å²) < 4.78 is 5.85. The Labute approximate surface area is 257 Å². The molecule has 0 radical (unpaired) electrons. The zero-order valence-corrected chi connectivity index (χ0v) is 26.4. The number of ether oxygens (including phenoxy) is 1. The molecule has 3 saturated carbocycles. The number of aliphatic carboxylic acids is 1. The van der Waals surface area contributed by atoms with Gasteiger partial charge < -0.3 is 20.1 Å². The minimum absolute atomic E-state index is 0.00960. The van der Waals surface area contributed by atoms with Gasteiger partial charge in [0, 0.05) is 30.0 Å². The molecular weight excluding hydrogens is 536 g/mol. The first-order valence-corrected chi connectivity index (χ1v) is 16.7. The van der Waals surface area contributed by atoms with E-state index in [0.29, 0.717) is 12.5 Å². The van der Waals surface area contributed by atoms with E-state index in [-0.39, 0.29) is 35.2 Å². The summed E-state index contributed by atoms with van der Waals surface area (Å²) >= 11 is 0. The molecule has 2 aromatic rings. The van der Waals surface area contributed by atoms with E-state index < -0.39 is 12.0 Å². The van der Waals surface area contributed by atoms with Crippen LogP contribution >= 0.6 is 0 Å². The number of nitrogens with zero attached hydrogens (tertiary/aromatic N) is 1. The Kier molecular flexibility index (Phi) is 8.61. The van der Waals surface area contributed by atoms with Crippen LogP contribution in [0.15, 0.2) is 48.5 Å². The molecule has 4 fully saturated rings. The van der Waals surface area contributed by atoms with Crippen molar-refractivity contribution in [2.45, 2.75) is 109 Å². The summed E-state index contributed by atoms with van der Waals surface area (Å²) in [6, 6.07) is 15.3. The number of carboxylic acids is 1. The maximum Gasteiger partial charge on any atom is 0.326 e. The number of hydrogen-bond donors (Lipinski definition) is 2. The molecule has 7 atom stereocenters.